The smallest absolute Gasteiger partial charge is 0.357 e. The van der Waals surface area contributed by atoms with Gasteiger partial charge in [0.2, 0.25) is 0 Å². The van der Waals surface area contributed by atoms with Crippen LogP contribution in [0.5, 0.6) is 0 Å². The summed E-state index contributed by atoms with van der Waals surface area (Å²) in [4.78, 5) is 15.5. The van der Waals surface area contributed by atoms with Crippen LogP contribution in [0.25, 0.3) is 0 Å². The van der Waals surface area contributed by atoms with Gasteiger partial charge in [0.15, 0.2) is 0 Å². The van der Waals surface area contributed by atoms with E-state index in [1.165, 1.54) is 12.3 Å². The largest absolute Gasteiger partial charge is 0.456 e. The Kier molecular flexibility index (Phi) is 3.73. The van der Waals surface area contributed by atoms with Crippen LogP contribution < -0.4 is 0 Å². The summed E-state index contributed by atoms with van der Waals surface area (Å²) in [5.74, 6) is -0.476. The van der Waals surface area contributed by atoms with Gasteiger partial charge in [-0.15, -0.1) is 0 Å². The average molecular weight is 248 g/mol. The van der Waals surface area contributed by atoms with Gasteiger partial charge in [-0.05, 0) is 17.7 Å². The Bertz CT molecular complexity index is 514. The molecule has 17 heavy (non-hydrogen) atoms. The van der Waals surface area contributed by atoms with Gasteiger partial charge < -0.3 is 4.74 Å². The molecule has 2 rings (SSSR count). The topological polar surface area (TPSA) is 39.2 Å². The normalized spacial score (nSPS) is 9.94. The van der Waals surface area contributed by atoms with Crippen molar-refractivity contribution in [1.29, 1.82) is 0 Å². The van der Waals surface area contributed by atoms with Crippen LogP contribution in [-0.4, -0.2) is 11.0 Å². The molecule has 0 aliphatic carbocycles. The highest BCUT2D eigenvalue weighted by Crippen LogP contribution is 2.10. The maximum atomic E-state index is 11.6. The SMILES string of the molecule is O=C(OCc1ccccc1)c1cc(Cl)ccn1. The van der Waals surface area contributed by atoms with Crippen LogP contribution in [0.15, 0.2) is 48.7 Å². The fourth-order valence-corrected chi connectivity index (χ4v) is 1.47. The number of ether oxygens (including phenoxy) is 1. The summed E-state index contributed by atoms with van der Waals surface area (Å²) in [5.41, 5.74) is 1.15. The Morgan fingerprint density at radius 3 is 2.71 bits per heavy atom. The molecule has 0 atom stereocenters. The lowest BCUT2D eigenvalue weighted by atomic mass is 10.2. The molecule has 0 amide bonds. The fourth-order valence-electron chi connectivity index (χ4n) is 1.31. The molecule has 0 aliphatic rings. The molecule has 0 saturated heterocycles. The zero-order valence-electron chi connectivity index (χ0n) is 8.97. The van der Waals surface area contributed by atoms with E-state index in [2.05, 4.69) is 4.98 Å². The molecule has 0 bridgehead atoms. The van der Waals surface area contributed by atoms with Crippen LogP contribution in [0.4, 0.5) is 0 Å². The number of aromatic nitrogens is 1. The standard InChI is InChI=1S/C13H10ClNO2/c14-11-6-7-15-12(8-11)13(16)17-9-10-4-2-1-3-5-10/h1-8H,9H2. The van der Waals surface area contributed by atoms with E-state index in [1.807, 2.05) is 30.3 Å². The van der Waals surface area contributed by atoms with Gasteiger partial charge in [-0.3, -0.25) is 0 Å². The van der Waals surface area contributed by atoms with Crippen LogP contribution in [0, 0.1) is 0 Å². The number of halogens is 1. The molecular weight excluding hydrogens is 238 g/mol. The van der Waals surface area contributed by atoms with Gasteiger partial charge in [0.1, 0.15) is 12.3 Å². The molecule has 0 N–H and O–H groups in total. The predicted molar refractivity (Wildman–Crippen MR) is 64.8 cm³/mol. The second-order valence-corrected chi connectivity index (χ2v) is 3.86. The summed E-state index contributed by atoms with van der Waals surface area (Å²) < 4.78 is 5.11. The minimum absolute atomic E-state index is 0.216. The quantitative estimate of drug-likeness (QED) is 0.783. The number of hydrogen-bond donors (Lipinski definition) is 0. The van der Waals surface area contributed by atoms with Gasteiger partial charge in [-0.1, -0.05) is 41.9 Å². The third-order valence-corrected chi connectivity index (χ3v) is 2.38. The first-order valence-corrected chi connectivity index (χ1v) is 5.46. The number of nitrogens with zero attached hydrogens (tertiary/aromatic N) is 1. The molecule has 4 heteroatoms. The fraction of sp³-hybridized carbons (Fsp3) is 0.0769. The molecule has 1 aromatic heterocycles. The van der Waals surface area contributed by atoms with E-state index in [4.69, 9.17) is 16.3 Å². The van der Waals surface area contributed by atoms with Crippen LogP contribution in [0.1, 0.15) is 16.1 Å². The monoisotopic (exact) mass is 247 g/mol. The summed E-state index contributed by atoms with van der Waals surface area (Å²) in [6, 6.07) is 12.5. The van der Waals surface area contributed by atoms with Crippen molar-refractivity contribution in [1.82, 2.24) is 4.98 Å². The molecule has 0 aliphatic heterocycles. The molecule has 1 heterocycles. The van der Waals surface area contributed by atoms with Crippen LogP contribution in [0.3, 0.4) is 0 Å². The number of carbonyl (C=O) groups is 1. The van der Waals surface area contributed by atoms with E-state index >= 15 is 0 Å². The van der Waals surface area contributed by atoms with E-state index in [1.54, 1.807) is 6.07 Å². The minimum atomic E-state index is -0.476. The van der Waals surface area contributed by atoms with E-state index in [0.717, 1.165) is 5.56 Å². The number of esters is 1. The van der Waals surface area contributed by atoms with Crippen molar-refractivity contribution in [2.24, 2.45) is 0 Å². The molecule has 0 radical (unpaired) electrons. The van der Waals surface area contributed by atoms with Crippen molar-refractivity contribution >= 4 is 17.6 Å². The summed E-state index contributed by atoms with van der Waals surface area (Å²) >= 11 is 5.76. The predicted octanol–water partition coefficient (Wildman–Crippen LogP) is 3.09. The molecule has 3 nitrogen and oxygen atoms in total. The van der Waals surface area contributed by atoms with Crippen molar-refractivity contribution in [3.63, 3.8) is 0 Å². The molecule has 2 aromatic rings. The third-order valence-electron chi connectivity index (χ3n) is 2.14. The van der Waals surface area contributed by atoms with Crippen LogP contribution in [-0.2, 0) is 11.3 Å². The maximum Gasteiger partial charge on any atom is 0.357 e. The van der Waals surface area contributed by atoms with Gasteiger partial charge in [-0.25, -0.2) is 9.78 Å². The molecule has 0 saturated carbocycles. The van der Waals surface area contributed by atoms with Crippen molar-refractivity contribution in [3.8, 4) is 0 Å². The third kappa shape index (κ3) is 3.29. The highest BCUT2D eigenvalue weighted by Gasteiger charge is 2.09. The Labute approximate surface area is 104 Å². The van der Waals surface area contributed by atoms with Crippen molar-refractivity contribution < 1.29 is 9.53 Å². The summed E-state index contributed by atoms with van der Waals surface area (Å²) in [6.07, 6.45) is 1.47. The summed E-state index contributed by atoms with van der Waals surface area (Å²) in [6.45, 7) is 0.230. The van der Waals surface area contributed by atoms with E-state index in [9.17, 15) is 4.79 Å². The highest BCUT2D eigenvalue weighted by atomic mass is 35.5. The van der Waals surface area contributed by atoms with Crippen molar-refractivity contribution in [2.45, 2.75) is 6.61 Å². The maximum absolute atomic E-state index is 11.6. The first-order valence-electron chi connectivity index (χ1n) is 5.08. The number of rotatable bonds is 3. The minimum Gasteiger partial charge on any atom is -0.456 e. The molecule has 0 fully saturated rings. The lowest BCUT2D eigenvalue weighted by Crippen LogP contribution is -2.07. The second-order valence-electron chi connectivity index (χ2n) is 3.42. The van der Waals surface area contributed by atoms with Crippen molar-refractivity contribution in [3.05, 3.63) is 64.9 Å². The molecule has 1 aromatic carbocycles. The number of benzene rings is 1. The molecular formula is C13H10ClNO2. The number of carbonyl (C=O) groups excluding carboxylic acids is 1. The van der Waals surface area contributed by atoms with Gasteiger partial charge in [0.25, 0.3) is 0 Å². The Hall–Kier alpha value is -1.87. The van der Waals surface area contributed by atoms with E-state index in [-0.39, 0.29) is 12.3 Å². The lowest BCUT2D eigenvalue weighted by molar-refractivity contribution is 0.0466. The zero-order valence-corrected chi connectivity index (χ0v) is 9.72. The molecule has 0 spiro atoms. The lowest BCUT2D eigenvalue weighted by Gasteiger charge is -2.04. The zero-order chi connectivity index (χ0) is 12.1. The Morgan fingerprint density at radius 2 is 2.00 bits per heavy atom. The number of pyridine rings is 1. The number of hydrogen-bond acceptors (Lipinski definition) is 3. The first-order chi connectivity index (χ1) is 8.25. The van der Waals surface area contributed by atoms with Crippen LogP contribution >= 0.6 is 11.6 Å². The van der Waals surface area contributed by atoms with Crippen molar-refractivity contribution in [2.75, 3.05) is 0 Å². The van der Waals surface area contributed by atoms with E-state index < -0.39 is 5.97 Å². The molecule has 86 valence electrons. The molecule has 0 unspecified atom stereocenters. The van der Waals surface area contributed by atoms with Gasteiger partial charge >= 0.3 is 5.97 Å². The second kappa shape index (κ2) is 5.46. The van der Waals surface area contributed by atoms with Gasteiger partial charge in [0, 0.05) is 11.2 Å². The Balaban J connectivity index is 1.98. The average Bonchev–Trinajstić information content (AvgIpc) is 2.37. The van der Waals surface area contributed by atoms with Crippen LogP contribution in [0.2, 0.25) is 5.02 Å². The summed E-state index contributed by atoms with van der Waals surface area (Å²) in [5, 5.41) is 0.465. The Morgan fingerprint density at radius 1 is 1.24 bits per heavy atom. The highest BCUT2D eigenvalue weighted by molar-refractivity contribution is 6.30. The van der Waals surface area contributed by atoms with Gasteiger partial charge in [0.05, 0.1) is 0 Å². The van der Waals surface area contributed by atoms with Gasteiger partial charge in [-0.2, -0.15) is 0 Å². The summed E-state index contributed by atoms with van der Waals surface area (Å²) in [7, 11) is 0. The van der Waals surface area contributed by atoms with E-state index in [0.29, 0.717) is 5.02 Å². The first kappa shape index (κ1) is 11.6.